The predicted molar refractivity (Wildman–Crippen MR) is 83.0 cm³/mol. The fraction of sp³-hybridized carbons (Fsp3) is 0.375. The van der Waals surface area contributed by atoms with E-state index >= 15 is 0 Å². The zero-order valence-electron chi connectivity index (χ0n) is 12.6. The second-order valence-electron chi connectivity index (χ2n) is 5.47. The molecule has 1 amide bonds. The quantitative estimate of drug-likeness (QED) is 0.858. The lowest BCUT2D eigenvalue weighted by Gasteiger charge is -2.30. The highest BCUT2D eigenvalue weighted by Gasteiger charge is 2.26. The van der Waals surface area contributed by atoms with Gasteiger partial charge in [0.1, 0.15) is 23.9 Å². The summed E-state index contributed by atoms with van der Waals surface area (Å²) in [5.74, 6) is -0.0844. The maximum absolute atomic E-state index is 14.2. The molecule has 0 unspecified atom stereocenters. The van der Waals surface area contributed by atoms with E-state index in [2.05, 4.69) is 5.16 Å². The summed E-state index contributed by atoms with van der Waals surface area (Å²) in [6.45, 7) is 2.28. The Balaban J connectivity index is 1.67. The third-order valence-electron chi connectivity index (χ3n) is 3.66. The van der Waals surface area contributed by atoms with Gasteiger partial charge in [0.25, 0.3) is 5.91 Å². The first-order valence-electron chi connectivity index (χ1n) is 7.33. The number of aromatic nitrogens is 1. The fourth-order valence-corrected chi connectivity index (χ4v) is 2.94. The molecule has 0 aliphatic carbocycles. The molecule has 0 fully saturated rings. The number of hydrogen-bond donors (Lipinski definition) is 0. The van der Waals surface area contributed by atoms with Crippen LogP contribution in [0.3, 0.4) is 0 Å². The molecule has 0 spiro atoms. The average Bonchev–Trinajstić information content (AvgIpc) is 2.91. The van der Waals surface area contributed by atoms with Gasteiger partial charge in [-0.05, 0) is 37.5 Å². The van der Waals surface area contributed by atoms with Crippen LogP contribution >= 0.6 is 11.6 Å². The highest BCUT2D eigenvalue weighted by Crippen LogP contribution is 2.32. The van der Waals surface area contributed by atoms with Crippen molar-refractivity contribution in [2.45, 2.75) is 26.4 Å². The van der Waals surface area contributed by atoms with Gasteiger partial charge in [0, 0.05) is 17.6 Å². The lowest BCUT2D eigenvalue weighted by atomic mass is 10.0. The number of rotatable bonds is 4. The number of carbonyl (C=O) groups is 1. The van der Waals surface area contributed by atoms with E-state index in [1.54, 1.807) is 19.1 Å². The third kappa shape index (κ3) is 3.54. The molecule has 122 valence electrons. The van der Waals surface area contributed by atoms with E-state index in [9.17, 15) is 9.18 Å². The van der Waals surface area contributed by atoms with Crippen molar-refractivity contribution in [3.63, 3.8) is 0 Å². The normalized spacial score (nSPS) is 14.0. The number of ether oxygens (including phenoxy) is 1. The molecule has 3 rings (SSSR count). The lowest BCUT2D eigenvalue weighted by Crippen LogP contribution is -2.38. The smallest absolute Gasteiger partial charge is 0.253 e. The number of hydrogen-bond acceptors (Lipinski definition) is 4. The van der Waals surface area contributed by atoms with Gasteiger partial charge in [-0.15, -0.1) is 0 Å². The van der Waals surface area contributed by atoms with Crippen LogP contribution in [0.15, 0.2) is 22.7 Å². The van der Waals surface area contributed by atoms with Crippen LogP contribution in [-0.2, 0) is 22.6 Å². The molecule has 0 N–H and O–H groups in total. The SMILES string of the molecule is Cc1cc(COCC(=O)N2CCCc3cc(Cl)cc(F)c32)no1. The number of aryl methyl sites for hydroxylation is 2. The van der Waals surface area contributed by atoms with Gasteiger partial charge in [-0.1, -0.05) is 16.8 Å². The van der Waals surface area contributed by atoms with Crippen molar-refractivity contribution in [2.75, 3.05) is 18.1 Å². The average molecular weight is 339 g/mol. The van der Waals surface area contributed by atoms with Crippen LogP contribution in [0.4, 0.5) is 10.1 Å². The van der Waals surface area contributed by atoms with Crippen LogP contribution in [0.1, 0.15) is 23.4 Å². The topological polar surface area (TPSA) is 55.6 Å². The summed E-state index contributed by atoms with van der Waals surface area (Å²) in [6.07, 6.45) is 1.47. The van der Waals surface area contributed by atoms with Gasteiger partial charge in [0.05, 0.1) is 12.3 Å². The molecule has 1 aromatic heterocycles. The van der Waals surface area contributed by atoms with E-state index in [1.807, 2.05) is 0 Å². The molecule has 0 radical (unpaired) electrons. The maximum Gasteiger partial charge on any atom is 0.253 e. The van der Waals surface area contributed by atoms with Crippen molar-refractivity contribution in [2.24, 2.45) is 0 Å². The van der Waals surface area contributed by atoms with Crippen LogP contribution in [0.5, 0.6) is 0 Å². The Bertz CT molecular complexity index is 732. The minimum Gasteiger partial charge on any atom is -0.365 e. The van der Waals surface area contributed by atoms with Crippen molar-refractivity contribution in [1.29, 1.82) is 0 Å². The lowest BCUT2D eigenvalue weighted by molar-refractivity contribution is -0.123. The van der Waals surface area contributed by atoms with Crippen molar-refractivity contribution in [1.82, 2.24) is 5.16 Å². The van der Waals surface area contributed by atoms with Crippen molar-refractivity contribution in [3.8, 4) is 0 Å². The van der Waals surface area contributed by atoms with Gasteiger partial charge >= 0.3 is 0 Å². The number of carbonyl (C=O) groups excluding carboxylic acids is 1. The summed E-state index contributed by atoms with van der Waals surface area (Å²) in [4.78, 5) is 13.8. The molecule has 0 bridgehead atoms. The first-order chi connectivity index (χ1) is 11.0. The Labute approximate surface area is 138 Å². The van der Waals surface area contributed by atoms with E-state index in [-0.39, 0.29) is 19.1 Å². The Morgan fingerprint density at radius 2 is 2.30 bits per heavy atom. The van der Waals surface area contributed by atoms with Gasteiger partial charge in [0.2, 0.25) is 0 Å². The zero-order valence-corrected chi connectivity index (χ0v) is 13.4. The summed E-state index contributed by atoms with van der Waals surface area (Å²) in [5.41, 5.74) is 1.68. The molecular formula is C16H16ClFN2O3. The zero-order chi connectivity index (χ0) is 16.4. The number of nitrogens with zero attached hydrogens (tertiary/aromatic N) is 2. The molecular weight excluding hydrogens is 323 g/mol. The molecule has 2 aromatic rings. The van der Waals surface area contributed by atoms with Gasteiger partial charge in [-0.2, -0.15) is 0 Å². The number of benzene rings is 1. The van der Waals surface area contributed by atoms with Crippen molar-refractivity contribution in [3.05, 3.63) is 46.1 Å². The molecule has 2 heterocycles. The molecule has 0 atom stereocenters. The summed E-state index contributed by atoms with van der Waals surface area (Å²) < 4.78 is 24.5. The van der Waals surface area contributed by atoms with E-state index in [0.29, 0.717) is 35.1 Å². The van der Waals surface area contributed by atoms with Gasteiger partial charge in [0.15, 0.2) is 0 Å². The monoisotopic (exact) mass is 338 g/mol. The molecule has 0 saturated heterocycles. The summed E-state index contributed by atoms with van der Waals surface area (Å²) in [6, 6.07) is 4.67. The van der Waals surface area contributed by atoms with Crippen molar-refractivity contribution >= 4 is 23.2 Å². The highest BCUT2D eigenvalue weighted by atomic mass is 35.5. The van der Waals surface area contributed by atoms with Gasteiger partial charge in [-0.3, -0.25) is 4.79 Å². The van der Waals surface area contributed by atoms with Crippen LogP contribution < -0.4 is 4.90 Å². The number of halogens is 2. The molecule has 0 saturated carbocycles. The van der Waals surface area contributed by atoms with Gasteiger partial charge in [-0.25, -0.2) is 4.39 Å². The predicted octanol–water partition coefficient (Wildman–Crippen LogP) is 3.27. The minimum absolute atomic E-state index is 0.145. The van der Waals surface area contributed by atoms with Crippen LogP contribution in [0.2, 0.25) is 5.02 Å². The summed E-state index contributed by atoms with van der Waals surface area (Å²) in [5, 5.41) is 4.13. The molecule has 1 aliphatic rings. The van der Waals surface area contributed by atoms with E-state index in [1.165, 1.54) is 11.0 Å². The fourth-order valence-electron chi connectivity index (χ4n) is 2.71. The second-order valence-corrected chi connectivity index (χ2v) is 5.90. The Hall–Kier alpha value is -1.92. The van der Waals surface area contributed by atoms with E-state index in [0.717, 1.165) is 12.0 Å². The van der Waals surface area contributed by atoms with E-state index in [4.69, 9.17) is 20.9 Å². The number of amides is 1. The standard InChI is InChI=1S/C16H16ClFN2O3/c1-10-5-13(19-23-10)8-22-9-15(21)20-4-2-3-11-6-12(17)7-14(18)16(11)20/h5-7H,2-4,8-9H2,1H3. The highest BCUT2D eigenvalue weighted by molar-refractivity contribution is 6.30. The van der Waals surface area contributed by atoms with Crippen LogP contribution in [0.25, 0.3) is 0 Å². The molecule has 1 aromatic carbocycles. The Morgan fingerprint density at radius 3 is 3.04 bits per heavy atom. The largest absolute Gasteiger partial charge is 0.365 e. The molecule has 1 aliphatic heterocycles. The van der Waals surface area contributed by atoms with Crippen LogP contribution in [-0.4, -0.2) is 24.2 Å². The second kappa shape index (κ2) is 6.68. The van der Waals surface area contributed by atoms with Crippen molar-refractivity contribution < 1.29 is 18.4 Å². The Morgan fingerprint density at radius 1 is 1.48 bits per heavy atom. The first-order valence-corrected chi connectivity index (χ1v) is 7.70. The Kier molecular flexibility index (Phi) is 4.63. The summed E-state index contributed by atoms with van der Waals surface area (Å²) >= 11 is 5.88. The minimum atomic E-state index is -0.479. The van der Waals surface area contributed by atoms with E-state index < -0.39 is 5.82 Å². The summed E-state index contributed by atoms with van der Waals surface area (Å²) in [7, 11) is 0. The van der Waals surface area contributed by atoms with Gasteiger partial charge < -0.3 is 14.2 Å². The van der Waals surface area contributed by atoms with Crippen LogP contribution in [0, 0.1) is 12.7 Å². The maximum atomic E-state index is 14.2. The number of anilines is 1. The molecule has 5 nitrogen and oxygen atoms in total. The third-order valence-corrected chi connectivity index (χ3v) is 3.88. The molecule has 7 heteroatoms. The molecule has 23 heavy (non-hydrogen) atoms. The first kappa shape index (κ1) is 16.0. The number of fused-ring (bicyclic) bond motifs is 1.